The van der Waals surface area contributed by atoms with Gasteiger partial charge in [0.25, 0.3) is 0 Å². The van der Waals surface area contributed by atoms with Crippen molar-refractivity contribution in [1.82, 2.24) is 4.90 Å². The highest BCUT2D eigenvalue weighted by atomic mass is 16.2. The molecule has 1 saturated heterocycles. The molecular formula is C15H24N2O. The van der Waals surface area contributed by atoms with E-state index in [9.17, 15) is 0 Å². The molecule has 0 bridgehead atoms. The van der Waals surface area contributed by atoms with Gasteiger partial charge in [-0.2, -0.15) is 0 Å². The highest BCUT2D eigenvalue weighted by molar-refractivity contribution is 5.14. The van der Waals surface area contributed by atoms with Gasteiger partial charge in [0.2, 0.25) is 0 Å². The summed E-state index contributed by atoms with van der Waals surface area (Å²) in [6.45, 7) is 3.39. The molecule has 2 rings (SSSR count). The van der Waals surface area contributed by atoms with Crippen LogP contribution in [0, 0.1) is 5.92 Å². The zero-order chi connectivity index (χ0) is 12.8. The van der Waals surface area contributed by atoms with Crippen molar-refractivity contribution in [3.05, 3.63) is 35.9 Å². The number of aliphatic hydroxyl groups excluding tert-OH is 1. The number of likely N-dealkylation sites (tertiary alicyclic amines) is 1. The molecule has 3 nitrogen and oxygen atoms in total. The Morgan fingerprint density at radius 2 is 2.00 bits per heavy atom. The Bertz CT molecular complexity index is 342. The Morgan fingerprint density at radius 3 is 2.72 bits per heavy atom. The number of rotatable bonds is 5. The minimum Gasteiger partial charge on any atom is -0.396 e. The summed E-state index contributed by atoms with van der Waals surface area (Å²) in [6, 6.07) is 10.8. The molecule has 100 valence electrons. The van der Waals surface area contributed by atoms with Gasteiger partial charge in [0.05, 0.1) is 0 Å². The summed E-state index contributed by atoms with van der Waals surface area (Å²) in [4.78, 5) is 2.45. The quantitative estimate of drug-likeness (QED) is 0.832. The first-order valence-corrected chi connectivity index (χ1v) is 6.90. The molecule has 0 amide bonds. The second kappa shape index (κ2) is 6.88. The van der Waals surface area contributed by atoms with E-state index in [0.717, 1.165) is 38.9 Å². The van der Waals surface area contributed by atoms with E-state index in [4.69, 9.17) is 10.8 Å². The van der Waals surface area contributed by atoms with Crippen LogP contribution in [0.4, 0.5) is 0 Å². The maximum absolute atomic E-state index is 8.92. The van der Waals surface area contributed by atoms with Crippen LogP contribution in [0.3, 0.4) is 0 Å². The molecule has 18 heavy (non-hydrogen) atoms. The zero-order valence-electron chi connectivity index (χ0n) is 11.0. The van der Waals surface area contributed by atoms with Crippen LogP contribution in [0.2, 0.25) is 0 Å². The van der Waals surface area contributed by atoms with Crippen molar-refractivity contribution in [2.75, 3.05) is 19.7 Å². The van der Waals surface area contributed by atoms with Crippen molar-refractivity contribution in [3.63, 3.8) is 0 Å². The molecule has 0 saturated carbocycles. The van der Waals surface area contributed by atoms with Crippen LogP contribution in [0.5, 0.6) is 0 Å². The summed E-state index contributed by atoms with van der Waals surface area (Å²) < 4.78 is 0. The monoisotopic (exact) mass is 248 g/mol. The van der Waals surface area contributed by atoms with E-state index in [1.54, 1.807) is 0 Å². The highest BCUT2D eigenvalue weighted by Crippen LogP contribution is 2.21. The molecule has 1 aliphatic rings. The van der Waals surface area contributed by atoms with Gasteiger partial charge < -0.3 is 10.8 Å². The third-order valence-corrected chi connectivity index (χ3v) is 3.66. The van der Waals surface area contributed by atoms with E-state index < -0.39 is 0 Å². The fourth-order valence-corrected chi connectivity index (χ4v) is 2.91. The molecular weight excluding hydrogens is 224 g/mol. The van der Waals surface area contributed by atoms with Gasteiger partial charge in [-0.05, 0) is 30.7 Å². The summed E-state index contributed by atoms with van der Waals surface area (Å²) in [5, 5.41) is 8.92. The van der Waals surface area contributed by atoms with Crippen LogP contribution in [-0.4, -0.2) is 35.7 Å². The minimum absolute atomic E-state index is 0.283. The van der Waals surface area contributed by atoms with Gasteiger partial charge in [-0.3, -0.25) is 4.90 Å². The second-order valence-electron chi connectivity index (χ2n) is 5.41. The molecule has 0 spiro atoms. The van der Waals surface area contributed by atoms with E-state index >= 15 is 0 Å². The van der Waals surface area contributed by atoms with Crippen molar-refractivity contribution in [1.29, 1.82) is 0 Å². The lowest BCUT2D eigenvalue weighted by Gasteiger charge is -2.36. The predicted molar refractivity (Wildman–Crippen MR) is 74.1 cm³/mol. The lowest BCUT2D eigenvalue weighted by molar-refractivity contribution is 0.137. The minimum atomic E-state index is 0.283. The zero-order valence-corrected chi connectivity index (χ0v) is 11.0. The van der Waals surface area contributed by atoms with Crippen molar-refractivity contribution < 1.29 is 5.11 Å². The van der Waals surface area contributed by atoms with Crippen LogP contribution >= 0.6 is 0 Å². The topological polar surface area (TPSA) is 49.5 Å². The van der Waals surface area contributed by atoms with Crippen molar-refractivity contribution >= 4 is 0 Å². The molecule has 1 aromatic rings. The Morgan fingerprint density at radius 1 is 1.22 bits per heavy atom. The Labute approximate surface area is 110 Å². The average Bonchev–Trinajstić information content (AvgIpc) is 2.37. The van der Waals surface area contributed by atoms with Gasteiger partial charge >= 0.3 is 0 Å². The number of piperidine rings is 1. The first-order chi connectivity index (χ1) is 8.78. The maximum atomic E-state index is 8.92. The number of nitrogens with two attached hydrogens (primary N) is 1. The van der Waals surface area contributed by atoms with E-state index in [0.29, 0.717) is 12.5 Å². The Kier molecular flexibility index (Phi) is 5.17. The molecule has 1 aromatic carbocycles. The summed E-state index contributed by atoms with van der Waals surface area (Å²) in [6.07, 6.45) is 3.09. The highest BCUT2D eigenvalue weighted by Gasteiger charge is 2.24. The number of benzene rings is 1. The third-order valence-electron chi connectivity index (χ3n) is 3.66. The molecule has 0 aliphatic carbocycles. The van der Waals surface area contributed by atoms with Crippen molar-refractivity contribution in [2.24, 2.45) is 11.7 Å². The number of hydrogen-bond donors (Lipinski definition) is 2. The molecule has 1 fully saturated rings. The molecule has 2 unspecified atom stereocenters. The van der Waals surface area contributed by atoms with Crippen LogP contribution in [-0.2, 0) is 6.54 Å². The maximum Gasteiger partial charge on any atom is 0.0431 e. The summed E-state index contributed by atoms with van der Waals surface area (Å²) >= 11 is 0. The first kappa shape index (κ1) is 13.5. The van der Waals surface area contributed by atoms with Gasteiger partial charge in [0.1, 0.15) is 0 Å². The van der Waals surface area contributed by atoms with Gasteiger partial charge in [-0.25, -0.2) is 0 Å². The van der Waals surface area contributed by atoms with E-state index in [2.05, 4.69) is 35.2 Å². The molecule has 3 heteroatoms. The van der Waals surface area contributed by atoms with Crippen LogP contribution in [0.15, 0.2) is 30.3 Å². The summed E-state index contributed by atoms with van der Waals surface area (Å²) in [5.41, 5.74) is 7.49. The van der Waals surface area contributed by atoms with Gasteiger partial charge in [-0.1, -0.05) is 30.3 Å². The largest absolute Gasteiger partial charge is 0.396 e. The molecule has 1 aliphatic heterocycles. The number of nitrogens with zero attached hydrogens (tertiary/aromatic N) is 1. The van der Waals surface area contributed by atoms with Gasteiger partial charge in [0, 0.05) is 32.3 Å². The van der Waals surface area contributed by atoms with Crippen LogP contribution in [0.1, 0.15) is 24.8 Å². The SMILES string of the molecule is NC1CC(CCCO)CN(Cc2ccccc2)C1. The second-order valence-corrected chi connectivity index (χ2v) is 5.41. The van der Waals surface area contributed by atoms with Crippen molar-refractivity contribution in [2.45, 2.75) is 31.8 Å². The van der Waals surface area contributed by atoms with E-state index in [-0.39, 0.29) is 6.04 Å². The molecule has 0 aromatic heterocycles. The molecule has 1 heterocycles. The van der Waals surface area contributed by atoms with Gasteiger partial charge in [0.15, 0.2) is 0 Å². The number of hydrogen-bond acceptors (Lipinski definition) is 3. The summed E-state index contributed by atoms with van der Waals surface area (Å²) in [7, 11) is 0. The fraction of sp³-hybridized carbons (Fsp3) is 0.600. The summed E-state index contributed by atoms with van der Waals surface area (Å²) in [5.74, 6) is 0.643. The van der Waals surface area contributed by atoms with Crippen LogP contribution in [0.25, 0.3) is 0 Å². The number of aliphatic hydroxyl groups is 1. The normalized spacial score (nSPS) is 25.2. The van der Waals surface area contributed by atoms with Crippen LogP contribution < -0.4 is 5.73 Å². The smallest absolute Gasteiger partial charge is 0.0431 e. The third kappa shape index (κ3) is 4.09. The van der Waals surface area contributed by atoms with Crippen molar-refractivity contribution in [3.8, 4) is 0 Å². The first-order valence-electron chi connectivity index (χ1n) is 6.90. The Balaban J connectivity index is 1.88. The predicted octanol–water partition coefficient (Wildman–Crippen LogP) is 1.61. The van der Waals surface area contributed by atoms with Gasteiger partial charge in [-0.15, -0.1) is 0 Å². The fourth-order valence-electron chi connectivity index (χ4n) is 2.91. The average molecular weight is 248 g/mol. The molecule has 2 atom stereocenters. The standard InChI is InChI=1S/C15H24N2O/c16-15-9-14(7-4-8-18)11-17(12-15)10-13-5-2-1-3-6-13/h1-3,5-6,14-15,18H,4,7-12,16H2. The van der Waals surface area contributed by atoms with E-state index in [1.807, 2.05) is 0 Å². The van der Waals surface area contributed by atoms with E-state index in [1.165, 1.54) is 5.56 Å². The Hall–Kier alpha value is -0.900. The molecule has 0 radical (unpaired) electrons. The molecule has 3 N–H and O–H groups in total. The lowest BCUT2D eigenvalue weighted by atomic mass is 9.90. The lowest BCUT2D eigenvalue weighted by Crippen LogP contribution is -2.46.